The third-order valence-electron chi connectivity index (χ3n) is 0.961. The van der Waals surface area contributed by atoms with Crippen molar-refractivity contribution in [2.75, 3.05) is 0 Å². The molecular formula is C6H6IN3O2. The van der Waals surface area contributed by atoms with E-state index in [4.69, 9.17) is 10.2 Å². The minimum absolute atomic E-state index is 0.563. The normalized spacial score (nSPS) is 10.4. The molecule has 0 unspecified atom stereocenters. The van der Waals surface area contributed by atoms with Gasteiger partial charge in [0.25, 0.3) is 0 Å². The number of nitrogens with zero attached hydrogens (tertiary/aromatic N) is 1. The molecule has 1 rings (SSSR count). The van der Waals surface area contributed by atoms with Crippen molar-refractivity contribution in [1.29, 1.82) is 0 Å². The van der Waals surface area contributed by atoms with Crippen molar-refractivity contribution < 1.29 is 9.21 Å². The molecule has 0 bridgehead atoms. The quantitative estimate of drug-likeness (QED) is 0.479. The molecule has 0 aliphatic rings. The number of nitrogens with one attached hydrogen (secondary N) is 1. The highest BCUT2D eigenvalue weighted by molar-refractivity contribution is 14.1. The predicted octanol–water partition coefficient (Wildman–Crippen LogP) is 0.886. The topological polar surface area (TPSA) is 80.6 Å². The highest BCUT2D eigenvalue weighted by Gasteiger charge is 1.94. The number of nitrogens with two attached hydrogens (primary N) is 1. The second-order valence-corrected chi connectivity index (χ2v) is 2.94. The lowest BCUT2D eigenvalue weighted by molar-refractivity contribution is 0.249. The molecule has 0 atom stereocenters. The van der Waals surface area contributed by atoms with Gasteiger partial charge in [-0.3, -0.25) is 0 Å². The molecule has 2 amide bonds. The first kappa shape index (κ1) is 9.04. The molecule has 64 valence electrons. The summed E-state index contributed by atoms with van der Waals surface area (Å²) in [6.07, 6.45) is 1.37. The second-order valence-electron chi connectivity index (χ2n) is 1.88. The molecule has 5 nitrogen and oxygen atoms in total. The fourth-order valence-electron chi connectivity index (χ4n) is 0.557. The van der Waals surface area contributed by atoms with Gasteiger partial charge in [-0.05, 0) is 34.7 Å². The average Bonchev–Trinajstić information content (AvgIpc) is 2.35. The number of hydrazone groups is 1. The van der Waals surface area contributed by atoms with Gasteiger partial charge < -0.3 is 10.2 Å². The summed E-state index contributed by atoms with van der Waals surface area (Å²) in [6.45, 7) is 0. The third kappa shape index (κ3) is 2.91. The summed E-state index contributed by atoms with van der Waals surface area (Å²) < 4.78 is 5.87. The first-order chi connectivity index (χ1) is 5.68. The number of rotatable bonds is 2. The summed E-state index contributed by atoms with van der Waals surface area (Å²) in [7, 11) is 0. The summed E-state index contributed by atoms with van der Waals surface area (Å²) in [4.78, 5) is 10.2. The SMILES string of the molecule is NC(=O)N/N=C\c1ccc(I)o1. The van der Waals surface area contributed by atoms with E-state index in [0.29, 0.717) is 5.76 Å². The first-order valence-electron chi connectivity index (χ1n) is 3.02. The van der Waals surface area contributed by atoms with Crippen LogP contribution in [0.1, 0.15) is 5.76 Å². The fraction of sp³-hybridized carbons (Fsp3) is 0. The zero-order valence-electron chi connectivity index (χ0n) is 5.95. The molecule has 6 heteroatoms. The summed E-state index contributed by atoms with van der Waals surface area (Å²) in [6, 6.07) is 2.81. The van der Waals surface area contributed by atoms with E-state index in [0.717, 1.165) is 3.77 Å². The number of carbonyl (C=O) groups is 1. The number of furan rings is 1. The van der Waals surface area contributed by atoms with E-state index in [9.17, 15) is 4.79 Å². The van der Waals surface area contributed by atoms with Crippen molar-refractivity contribution in [3.63, 3.8) is 0 Å². The maximum atomic E-state index is 10.2. The second kappa shape index (κ2) is 4.10. The van der Waals surface area contributed by atoms with Gasteiger partial charge in [-0.25, -0.2) is 10.2 Å². The molecule has 0 radical (unpaired) electrons. The van der Waals surface area contributed by atoms with Crippen LogP contribution in [-0.4, -0.2) is 12.2 Å². The fourth-order valence-corrected chi connectivity index (χ4v) is 0.991. The highest BCUT2D eigenvalue weighted by atomic mass is 127. The van der Waals surface area contributed by atoms with E-state index in [1.807, 2.05) is 28.0 Å². The number of primary amides is 1. The molecule has 0 saturated heterocycles. The van der Waals surface area contributed by atoms with Crippen LogP contribution in [0.15, 0.2) is 21.7 Å². The van der Waals surface area contributed by atoms with E-state index in [1.54, 1.807) is 12.1 Å². The van der Waals surface area contributed by atoms with Crippen LogP contribution in [-0.2, 0) is 0 Å². The average molecular weight is 279 g/mol. The van der Waals surface area contributed by atoms with Gasteiger partial charge in [-0.1, -0.05) is 0 Å². The highest BCUT2D eigenvalue weighted by Crippen LogP contribution is 2.07. The van der Waals surface area contributed by atoms with Crippen molar-refractivity contribution in [2.45, 2.75) is 0 Å². The molecule has 0 fully saturated rings. The Balaban J connectivity index is 2.52. The van der Waals surface area contributed by atoms with E-state index in [1.165, 1.54) is 6.21 Å². The van der Waals surface area contributed by atoms with Crippen molar-refractivity contribution in [1.82, 2.24) is 5.43 Å². The smallest absolute Gasteiger partial charge is 0.332 e. The minimum atomic E-state index is -0.701. The van der Waals surface area contributed by atoms with Crippen LogP contribution in [0, 0.1) is 3.77 Å². The van der Waals surface area contributed by atoms with Crippen LogP contribution in [0.5, 0.6) is 0 Å². The molecule has 3 N–H and O–H groups in total. The molecule has 0 aliphatic carbocycles. The van der Waals surface area contributed by atoms with Gasteiger partial charge in [0.2, 0.25) is 0 Å². The van der Waals surface area contributed by atoms with Crippen molar-refractivity contribution in [2.24, 2.45) is 10.8 Å². The molecule has 1 aromatic heterocycles. The predicted molar refractivity (Wildman–Crippen MR) is 51.7 cm³/mol. The van der Waals surface area contributed by atoms with Crippen LogP contribution >= 0.6 is 22.6 Å². The number of carbonyl (C=O) groups excluding carboxylic acids is 1. The molecule has 1 aromatic rings. The van der Waals surface area contributed by atoms with Gasteiger partial charge in [0.05, 0.1) is 6.21 Å². The van der Waals surface area contributed by atoms with E-state index >= 15 is 0 Å². The Kier molecular flexibility index (Phi) is 3.09. The number of hydrogen-bond donors (Lipinski definition) is 2. The van der Waals surface area contributed by atoms with Crippen molar-refractivity contribution in [3.05, 3.63) is 21.7 Å². The standard InChI is InChI=1S/C6H6IN3O2/c7-5-2-1-4(12-5)3-9-10-6(8)11/h1-3H,(H3,8,10,11)/b9-3-. The van der Waals surface area contributed by atoms with Gasteiger partial charge in [0.15, 0.2) is 3.77 Å². The van der Waals surface area contributed by atoms with Gasteiger partial charge in [-0.2, -0.15) is 5.10 Å². The molecule has 1 heterocycles. The van der Waals surface area contributed by atoms with Crippen LogP contribution < -0.4 is 11.2 Å². The van der Waals surface area contributed by atoms with Crippen LogP contribution in [0.3, 0.4) is 0 Å². The zero-order valence-corrected chi connectivity index (χ0v) is 8.11. The summed E-state index contributed by atoms with van der Waals surface area (Å²) >= 11 is 2.03. The largest absolute Gasteiger partial charge is 0.449 e. The summed E-state index contributed by atoms with van der Waals surface area (Å²) in [5.74, 6) is 0.563. The van der Waals surface area contributed by atoms with E-state index < -0.39 is 6.03 Å². The van der Waals surface area contributed by atoms with E-state index in [2.05, 4.69) is 5.10 Å². The molecule has 0 aromatic carbocycles. The molecule has 12 heavy (non-hydrogen) atoms. The Bertz CT molecular complexity index is 307. The van der Waals surface area contributed by atoms with Crippen molar-refractivity contribution in [3.8, 4) is 0 Å². The Morgan fingerprint density at radius 1 is 1.75 bits per heavy atom. The minimum Gasteiger partial charge on any atom is -0.449 e. The third-order valence-corrected chi connectivity index (χ3v) is 1.54. The number of urea groups is 1. The number of halogens is 1. The summed E-state index contributed by atoms with van der Waals surface area (Å²) in [5.41, 5.74) is 6.82. The zero-order chi connectivity index (χ0) is 8.97. The van der Waals surface area contributed by atoms with E-state index in [-0.39, 0.29) is 0 Å². The van der Waals surface area contributed by atoms with Crippen LogP contribution in [0.25, 0.3) is 0 Å². The first-order valence-corrected chi connectivity index (χ1v) is 4.10. The van der Waals surface area contributed by atoms with Gasteiger partial charge in [0, 0.05) is 0 Å². The van der Waals surface area contributed by atoms with Gasteiger partial charge in [0.1, 0.15) is 5.76 Å². The van der Waals surface area contributed by atoms with Crippen molar-refractivity contribution >= 4 is 34.8 Å². The molecule has 0 aliphatic heterocycles. The van der Waals surface area contributed by atoms with Gasteiger partial charge in [-0.15, -0.1) is 0 Å². The van der Waals surface area contributed by atoms with Crippen LogP contribution in [0.4, 0.5) is 4.79 Å². The molecule has 0 saturated carbocycles. The lowest BCUT2D eigenvalue weighted by atomic mass is 10.5. The lowest BCUT2D eigenvalue weighted by Crippen LogP contribution is -2.24. The Hall–Kier alpha value is -1.05. The molecular weight excluding hydrogens is 273 g/mol. The summed E-state index contributed by atoms with van der Waals surface area (Å²) in [5, 5.41) is 3.51. The monoisotopic (exact) mass is 279 g/mol. The Morgan fingerprint density at radius 3 is 3.00 bits per heavy atom. The Labute approximate surface area is 82.1 Å². The van der Waals surface area contributed by atoms with Gasteiger partial charge >= 0.3 is 6.03 Å². The maximum Gasteiger partial charge on any atom is 0.332 e. The lowest BCUT2D eigenvalue weighted by Gasteiger charge is -1.88. The number of amides is 2. The van der Waals surface area contributed by atoms with Crippen LogP contribution in [0.2, 0.25) is 0 Å². The number of hydrogen-bond acceptors (Lipinski definition) is 3. The molecule has 0 spiro atoms. The Morgan fingerprint density at radius 2 is 2.50 bits per heavy atom. The maximum absolute atomic E-state index is 10.2.